The SMILES string of the molecule is Cc1ccccc1N[C@@H](CC(=O)O)C(=O)O. The van der Waals surface area contributed by atoms with E-state index in [1.807, 2.05) is 19.1 Å². The van der Waals surface area contributed by atoms with E-state index in [1.165, 1.54) is 0 Å². The summed E-state index contributed by atoms with van der Waals surface area (Å²) in [5, 5.41) is 20.1. The van der Waals surface area contributed by atoms with Gasteiger partial charge in [0.15, 0.2) is 0 Å². The topological polar surface area (TPSA) is 86.6 Å². The van der Waals surface area contributed by atoms with Crippen LogP contribution in [0.15, 0.2) is 24.3 Å². The normalized spacial score (nSPS) is 11.8. The zero-order chi connectivity index (χ0) is 12.1. The van der Waals surface area contributed by atoms with E-state index in [2.05, 4.69) is 5.32 Å². The minimum atomic E-state index is -1.18. The fourth-order valence-corrected chi connectivity index (χ4v) is 1.30. The van der Waals surface area contributed by atoms with Gasteiger partial charge in [-0.25, -0.2) is 4.79 Å². The van der Waals surface area contributed by atoms with Crippen LogP contribution in [0.1, 0.15) is 12.0 Å². The van der Waals surface area contributed by atoms with Gasteiger partial charge in [-0.3, -0.25) is 4.79 Å². The number of para-hydroxylation sites is 1. The summed E-state index contributed by atoms with van der Waals surface area (Å²) >= 11 is 0. The van der Waals surface area contributed by atoms with Crippen molar-refractivity contribution in [1.82, 2.24) is 0 Å². The molecule has 0 aromatic heterocycles. The van der Waals surface area contributed by atoms with Crippen molar-refractivity contribution in [3.63, 3.8) is 0 Å². The Labute approximate surface area is 92.7 Å². The Hall–Kier alpha value is -2.04. The molecular formula is C11H13NO4. The van der Waals surface area contributed by atoms with Crippen LogP contribution in [0, 0.1) is 6.92 Å². The highest BCUT2D eigenvalue weighted by Gasteiger charge is 2.20. The maximum atomic E-state index is 10.8. The lowest BCUT2D eigenvalue weighted by Gasteiger charge is -2.15. The summed E-state index contributed by atoms with van der Waals surface area (Å²) in [7, 11) is 0. The summed E-state index contributed by atoms with van der Waals surface area (Å²) in [6.45, 7) is 1.82. The van der Waals surface area contributed by atoms with Crippen LogP contribution >= 0.6 is 0 Å². The molecule has 5 heteroatoms. The highest BCUT2D eigenvalue weighted by molar-refractivity contribution is 5.83. The van der Waals surface area contributed by atoms with Crippen molar-refractivity contribution in [2.45, 2.75) is 19.4 Å². The molecule has 0 radical (unpaired) electrons. The highest BCUT2D eigenvalue weighted by atomic mass is 16.4. The molecule has 0 heterocycles. The molecule has 86 valence electrons. The second kappa shape index (κ2) is 5.16. The third-order valence-corrected chi connectivity index (χ3v) is 2.15. The molecule has 0 spiro atoms. The van der Waals surface area contributed by atoms with E-state index < -0.39 is 24.4 Å². The monoisotopic (exact) mass is 223 g/mol. The first kappa shape index (κ1) is 12.0. The van der Waals surface area contributed by atoms with E-state index in [-0.39, 0.29) is 0 Å². The zero-order valence-corrected chi connectivity index (χ0v) is 8.80. The second-order valence-electron chi connectivity index (χ2n) is 3.45. The van der Waals surface area contributed by atoms with Gasteiger partial charge < -0.3 is 15.5 Å². The maximum Gasteiger partial charge on any atom is 0.326 e. The summed E-state index contributed by atoms with van der Waals surface area (Å²) in [5.41, 5.74) is 1.51. The number of benzene rings is 1. The number of hydrogen-bond acceptors (Lipinski definition) is 3. The van der Waals surface area contributed by atoms with Crippen LogP contribution in [0.25, 0.3) is 0 Å². The summed E-state index contributed by atoms with van der Waals surface area (Å²) in [5.74, 6) is -2.32. The predicted molar refractivity (Wildman–Crippen MR) is 58.5 cm³/mol. The standard InChI is InChI=1S/C11H13NO4/c1-7-4-2-3-5-8(7)12-9(11(15)16)6-10(13)14/h2-5,9,12H,6H2,1H3,(H,13,14)(H,15,16)/t9-/m0/s1. The summed E-state index contributed by atoms with van der Waals surface area (Å²) in [4.78, 5) is 21.3. The molecule has 0 fully saturated rings. The number of nitrogens with one attached hydrogen (secondary N) is 1. The van der Waals surface area contributed by atoms with Crippen LogP contribution in [0.4, 0.5) is 5.69 Å². The van der Waals surface area contributed by atoms with Gasteiger partial charge >= 0.3 is 11.9 Å². The van der Waals surface area contributed by atoms with Crippen LogP contribution in [-0.2, 0) is 9.59 Å². The molecule has 0 aliphatic rings. The Balaban J connectivity index is 2.80. The van der Waals surface area contributed by atoms with Gasteiger partial charge in [-0.15, -0.1) is 0 Å². The van der Waals surface area contributed by atoms with Crippen LogP contribution in [0.2, 0.25) is 0 Å². The van der Waals surface area contributed by atoms with E-state index in [9.17, 15) is 9.59 Å². The first-order valence-corrected chi connectivity index (χ1v) is 4.77. The molecule has 0 amide bonds. The molecular weight excluding hydrogens is 210 g/mol. The van der Waals surface area contributed by atoms with Crippen molar-refractivity contribution in [2.24, 2.45) is 0 Å². The molecule has 16 heavy (non-hydrogen) atoms. The largest absolute Gasteiger partial charge is 0.481 e. The van der Waals surface area contributed by atoms with Crippen LogP contribution < -0.4 is 5.32 Å². The van der Waals surface area contributed by atoms with E-state index in [0.29, 0.717) is 5.69 Å². The Kier molecular flexibility index (Phi) is 3.88. The molecule has 1 aromatic carbocycles. The summed E-state index contributed by atoms with van der Waals surface area (Å²) < 4.78 is 0. The van der Waals surface area contributed by atoms with Crippen LogP contribution in [-0.4, -0.2) is 28.2 Å². The molecule has 5 nitrogen and oxygen atoms in total. The quantitative estimate of drug-likeness (QED) is 0.701. The number of rotatable bonds is 5. The van der Waals surface area contributed by atoms with E-state index in [0.717, 1.165) is 5.56 Å². The van der Waals surface area contributed by atoms with E-state index in [4.69, 9.17) is 10.2 Å². The Morgan fingerprint density at radius 2 is 1.94 bits per heavy atom. The fraction of sp³-hybridized carbons (Fsp3) is 0.273. The van der Waals surface area contributed by atoms with E-state index >= 15 is 0 Å². The van der Waals surface area contributed by atoms with Crippen molar-refractivity contribution in [3.8, 4) is 0 Å². The molecule has 0 bridgehead atoms. The molecule has 1 atom stereocenters. The van der Waals surface area contributed by atoms with Gasteiger partial charge in [0.05, 0.1) is 6.42 Å². The third-order valence-electron chi connectivity index (χ3n) is 2.15. The minimum absolute atomic E-state index is 0.455. The van der Waals surface area contributed by atoms with Crippen molar-refractivity contribution < 1.29 is 19.8 Å². The molecule has 0 unspecified atom stereocenters. The van der Waals surface area contributed by atoms with Crippen LogP contribution in [0.3, 0.4) is 0 Å². The van der Waals surface area contributed by atoms with E-state index in [1.54, 1.807) is 12.1 Å². The Morgan fingerprint density at radius 3 is 2.44 bits per heavy atom. The Bertz CT molecular complexity index is 403. The molecule has 0 saturated carbocycles. The average molecular weight is 223 g/mol. The zero-order valence-electron chi connectivity index (χ0n) is 8.80. The lowest BCUT2D eigenvalue weighted by atomic mass is 10.1. The molecule has 1 rings (SSSR count). The molecule has 1 aromatic rings. The van der Waals surface area contributed by atoms with Crippen molar-refractivity contribution in [3.05, 3.63) is 29.8 Å². The smallest absolute Gasteiger partial charge is 0.326 e. The predicted octanol–water partition coefficient (Wildman–Crippen LogP) is 1.33. The molecule has 0 aliphatic carbocycles. The van der Waals surface area contributed by atoms with Crippen molar-refractivity contribution in [2.75, 3.05) is 5.32 Å². The van der Waals surface area contributed by atoms with Gasteiger partial charge in [0.25, 0.3) is 0 Å². The van der Waals surface area contributed by atoms with Gasteiger partial charge in [-0.2, -0.15) is 0 Å². The first-order chi connectivity index (χ1) is 7.50. The average Bonchev–Trinajstić information content (AvgIpc) is 2.19. The number of hydrogen-bond donors (Lipinski definition) is 3. The third kappa shape index (κ3) is 3.27. The Morgan fingerprint density at radius 1 is 1.31 bits per heavy atom. The van der Waals surface area contributed by atoms with Crippen LogP contribution in [0.5, 0.6) is 0 Å². The molecule has 3 N–H and O–H groups in total. The molecule has 0 aliphatic heterocycles. The highest BCUT2D eigenvalue weighted by Crippen LogP contribution is 2.15. The van der Waals surface area contributed by atoms with Gasteiger partial charge in [-0.05, 0) is 18.6 Å². The van der Waals surface area contributed by atoms with Gasteiger partial charge in [0.2, 0.25) is 0 Å². The number of aryl methyl sites for hydroxylation is 1. The maximum absolute atomic E-state index is 10.8. The minimum Gasteiger partial charge on any atom is -0.481 e. The molecule has 0 saturated heterocycles. The lowest BCUT2D eigenvalue weighted by Crippen LogP contribution is -2.31. The number of carboxylic acid groups (broad SMARTS) is 2. The number of anilines is 1. The van der Waals surface area contributed by atoms with Gasteiger partial charge in [0.1, 0.15) is 6.04 Å². The second-order valence-corrected chi connectivity index (χ2v) is 3.45. The van der Waals surface area contributed by atoms with Crippen molar-refractivity contribution in [1.29, 1.82) is 0 Å². The first-order valence-electron chi connectivity index (χ1n) is 4.77. The summed E-state index contributed by atoms with van der Waals surface area (Å²) in [6.07, 6.45) is -0.455. The number of carboxylic acids is 2. The van der Waals surface area contributed by atoms with Gasteiger partial charge in [0, 0.05) is 5.69 Å². The van der Waals surface area contributed by atoms with Crippen molar-refractivity contribution >= 4 is 17.6 Å². The number of carbonyl (C=O) groups is 2. The lowest BCUT2D eigenvalue weighted by molar-refractivity contribution is -0.144. The summed E-state index contributed by atoms with van der Waals surface area (Å²) in [6, 6.07) is 6.01. The fourth-order valence-electron chi connectivity index (χ4n) is 1.30. The van der Waals surface area contributed by atoms with Gasteiger partial charge in [-0.1, -0.05) is 18.2 Å². The number of aliphatic carboxylic acids is 2.